The molecule has 6 nitrogen and oxygen atoms in total. The zero-order chi connectivity index (χ0) is 20.2. The van der Waals surface area contributed by atoms with E-state index in [1.807, 2.05) is 61.5 Å². The predicted molar refractivity (Wildman–Crippen MR) is 110 cm³/mol. The first-order chi connectivity index (χ1) is 13.6. The van der Waals surface area contributed by atoms with Crippen LogP contribution < -0.4 is 10.1 Å². The van der Waals surface area contributed by atoms with Gasteiger partial charge in [-0.3, -0.25) is 0 Å². The molecule has 0 spiro atoms. The van der Waals surface area contributed by atoms with Crippen molar-refractivity contribution in [2.75, 3.05) is 18.1 Å². The normalized spacial score (nSPS) is 11.5. The Morgan fingerprint density at radius 1 is 1.07 bits per heavy atom. The number of thioether (sulfide) groups is 1. The maximum Gasteiger partial charge on any atom is 0.408 e. The summed E-state index contributed by atoms with van der Waals surface area (Å²) in [6.07, 6.45) is -0.422. The number of carbonyl (C=O) groups is 2. The standard InChI is InChI=1S/C21H25NO5S/c1-16-7-5-6-10-19(16)26-12-14-28-13-11-18(20(23)24)22-21(25)27-15-17-8-3-2-4-9-17/h2-10,18H,11-15H2,1H3,(H,22,25)(H,23,24). The van der Waals surface area contributed by atoms with E-state index in [1.54, 1.807) is 11.8 Å². The van der Waals surface area contributed by atoms with Crippen LogP contribution in [0.2, 0.25) is 0 Å². The van der Waals surface area contributed by atoms with Crippen molar-refractivity contribution in [3.05, 3.63) is 65.7 Å². The lowest BCUT2D eigenvalue weighted by Gasteiger charge is -2.14. The first-order valence-electron chi connectivity index (χ1n) is 9.02. The van der Waals surface area contributed by atoms with Gasteiger partial charge in [0, 0.05) is 5.75 Å². The summed E-state index contributed by atoms with van der Waals surface area (Å²) in [5.74, 6) is 1.11. The molecule has 2 aromatic carbocycles. The van der Waals surface area contributed by atoms with E-state index < -0.39 is 18.1 Å². The van der Waals surface area contributed by atoms with Crippen LogP contribution in [0, 0.1) is 6.92 Å². The fourth-order valence-corrected chi connectivity index (χ4v) is 3.20. The number of carbonyl (C=O) groups excluding carboxylic acids is 1. The van der Waals surface area contributed by atoms with E-state index in [-0.39, 0.29) is 6.61 Å². The molecule has 0 heterocycles. The quantitative estimate of drug-likeness (QED) is 0.554. The Bertz CT molecular complexity index is 753. The highest BCUT2D eigenvalue weighted by Gasteiger charge is 2.20. The van der Waals surface area contributed by atoms with Crippen LogP contribution in [0.3, 0.4) is 0 Å². The van der Waals surface area contributed by atoms with E-state index in [1.165, 1.54) is 0 Å². The number of rotatable bonds is 11. The Morgan fingerprint density at radius 2 is 1.79 bits per heavy atom. The van der Waals surface area contributed by atoms with Gasteiger partial charge in [-0.05, 0) is 36.3 Å². The highest BCUT2D eigenvalue weighted by molar-refractivity contribution is 7.99. The minimum atomic E-state index is -1.08. The second-order valence-corrected chi connectivity index (χ2v) is 7.34. The van der Waals surface area contributed by atoms with Crippen molar-refractivity contribution in [1.82, 2.24) is 5.32 Å². The summed E-state index contributed by atoms with van der Waals surface area (Å²) >= 11 is 1.58. The number of aryl methyl sites for hydroxylation is 1. The summed E-state index contributed by atoms with van der Waals surface area (Å²) in [6.45, 7) is 2.63. The lowest BCUT2D eigenvalue weighted by Crippen LogP contribution is -2.41. The molecule has 0 saturated carbocycles. The van der Waals surface area contributed by atoms with Crippen LogP contribution >= 0.6 is 11.8 Å². The van der Waals surface area contributed by atoms with E-state index in [2.05, 4.69) is 5.32 Å². The lowest BCUT2D eigenvalue weighted by molar-refractivity contribution is -0.139. The molecule has 7 heteroatoms. The lowest BCUT2D eigenvalue weighted by atomic mass is 10.2. The highest BCUT2D eigenvalue weighted by Crippen LogP contribution is 2.16. The molecule has 2 aromatic rings. The number of aliphatic carboxylic acids is 1. The summed E-state index contributed by atoms with van der Waals surface area (Å²) < 4.78 is 10.8. The third kappa shape index (κ3) is 7.92. The van der Waals surface area contributed by atoms with E-state index in [0.717, 1.165) is 22.6 Å². The van der Waals surface area contributed by atoms with Crippen molar-refractivity contribution in [1.29, 1.82) is 0 Å². The summed E-state index contributed by atoms with van der Waals surface area (Å²) in [7, 11) is 0. The number of ether oxygens (including phenoxy) is 2. The number of hydrogen-bond donors (Lipinski definition) is 2. The van der Waals surface area contributed by atoms with Gasteiger partial charge in [0.25, 0.3) is 0 Å². The van der Waals surface area contributed by atoms with Crippen molar-refractivity contribution < 1.29 is 24.2 Å². The Balaban J connectivity index is 1.63. The number of amides is 1. The number of benzene rings is 2. The molecule has 28 heavy (non-hydrogen) atoms. The average Bonchev–Trinajstić information content (AvgIpc) is 2.70. The molecule has 0 saturated heterocycles. The zero-order valence-electron chi connectivity index (χ0n) is 15.8. The second kappa shape index (κ2) is 11.9. The smallest absolute Gasteiger partial charge is 0.408 e. The molecule has 0 aliphatic heterocycles. The van der Waals surface area contributed by atoms with Crippen LogP contribution in [0.25, 0.3) is 0 Å². The van der Waals surface area contributed by atoms with Crippen molar-refractivity contribution in [3.8, 4) is 5.75 Å². The van der Waals surface area contributed by atoms with E-state index >= 15 is 0 Å². The number of alkyl carbamates (subject to hydrolysis) is 1. The minimum Gasteiger partial charge on any atom is -0.492 e. The number of nitrogens with one attached hydrogen (secondary N) is 1. The Hall–Kier alpha value is -2.67. The van der Waals surface area contributed by atoms with Crippen LogP contribution in [0.1, 0.15) is 17.5 Å². The van der Waals surface area contributed by atoms with Gasteiger partial charge in [-0.15, -0.1) is 0 Å². The van der Waals surface area contributed by atoms with E-state index in [9.17, 15) is 14.7 Å². The summed E-state index contributed by atoms with van der Waals surface area (Å²) in [5, 5.41) is 11.7. The molecule has 0 aromatic heterocycles. The maximum atomic E-state index is 11.8. The monoisotopic (exact) mass is 403 g/mol. The molecule has 2 N–H and O–H groups in total. The van der Waals surface area contributed by atoms with E-state index in [0.29, 0.717) is 18.8 Å². The average molecular weight is 404 g/mol. The Kier molecular flexibility index (Phi) is 9.21. The van der Waals surface area contributed by atoms with Crippen molar-refractivity contribution in [2.24, 2.45) is 0 Å². The summed E-state index contributed by atoms with van der Waals surface area (Å²) in [5.41, 5.74) is 1.92. The first kappa shape index (κ1) is 21.6. The summed E-state index contributed by atoms with van der Waals surface area (Å²) in [4.78, 5) is 23.2. The Morgan fingerprint density at radius 3 is 2.50 bits per heavy atom. The third-order valence-corrected chi connectivity index (χ3v) is 4.91. The first-order valence-corrected chi connectivity index (χ1v) is 10.2. The van der Waals surface area contributed by atoms with Gasteiger partial charge in [0.1, 0.15) is 18.4 Å². The van der Waals surface area contributed by atoms with Crippen LogP contribution in [-0.2, 0) is 16.1 Å². The second-order valence-electron chi connectivity index (χ2n) is 6.11. The predicted octanol–water partition coefficient (Wildman–Crippen LogP) is 3.88. The Labute approximate surface area is 169 Å². The molecule has 1 amide bonds. The molecule has 150 valence electrons. The van der Waals surface area contributed by atoms with Gasteiger partial charge < -0.3 is 19.9 Å². The van der Waals surface area contributed by atoms with Gasteiger partial charge in [-0.1, -0.05) is 48.5 Å². The third-order valence-electron chi connectivity index (χ3n) is 3.93. The molecule has 0 fully saturated rings. The highest BCUT2D eigenvalue weighted by atomic mass is 32.2. The van der Waals surface area contributed by atoms with Crippen LogP contribution in [-0.4, -0.2) is 41.3 Å². The summed E-state index contributed by atoms with van der Waals surface area (Å²) in [6, 6.07) is 16.0. The van der Waals surface area contributed by atoms with Gasteiger partial charge in [-0.25, -0.2) is 9.59 Å². The van der Waals surface area contributed by atoms with Crippen molar-refractivity contribution >= 4 is 23.8 Å². The fraction of sp³-hybridized carbons (Fsp3) is 0.333. The van der Waals surface area contributed by atoms with Gasteiger partial charge >= 0.3 is 12.1 Å². The largest absolute Gasteiger partial charge is 0.492 e. The van der Waals surface area contributed by atoms with Gasteiger partial charge in [-0.2, -0.15) is 11.8 Å². The van der Waals surface area contributed by atoms with Crippen LogP contribution in [0.5, 0.6) is 5.75 Å². The fourth-order valence-electron chi connectivity index (χ4n) is 2.40. The van der Waals surface area contributed by atoms with Crippen LogP contribution in [0.4, 0.5) is 4.79 Å². The van der Waals surface area contributed by atoms with Gasteiger partial charge in [0.2, 0.25) is 0 Å². The number of hydrogen-bond acceptors (Lipinski definition) is 5. The molecule has 0 aliphatic rings. The topological polar surface area (TPSA) is 84.9 Å². The maximum absolute atomic E-state index is 11.8. The van der Waals surface area contributed by atoms with Crippen molar-refractivity contribution in [2.45, 2.75) is 26.0 Å². The van der Waals surface area contributed by atoms with Gasteiger partial charge in [0.05, 0.1) is 6.61 Å². The van der Waals surface area contributed by atoms with E-state index in [4.69, 9.17) is 9.47 Å². The van der Waals surface area contributed by atoms with Crippen molar-refractivity contribution in [3.63, 3.8) is 0 Å². The van der Waals surface area contributed by atoms with Crippen LogP contribution in [0.15, 0.2) is 54.6 Å². The molecule has 0 bridgehead atoms. The number of carboxylic acid groups (broad SMARTS) is 1. The molecular formula is C21H25NO5S. The molecule has 0 aliphatic carbocycles. The number of carboxylic acids is 1. The molecular weight excluding hydrogens is 378 g/mol. The zero-order valence-corrected chi connectivity index (χ0v) is 16.6. The molecule has 0 radical (unpaired) electrons. The SMILES string of the molecule is Cc1ccccc1OCCSCCC(NC(=O)OCc1ccccc1)C(=O)O. The minimum absolute atomic E-state index is 0.101. The molecule has 2 rings (SSSR count). The molecule has 1 atom stereocenters. The van der Waals surface area contributed by atoms with Gasteiger partial charge in [0.15, 0.2) is 0 Å². The number of para-hydroxylation sites is 1. The molecule has 1 unspecified atom stereocenters.